The summed E-state index contributed by atoms with van der Waals surface area (Å²) in [5, 5.41) is 0. The minimum atomic E-state index is -1.64. The highest BCUT2D eigenvalue weighted by molar-refractivity contribution is 5.86. The lowest BCUT2D eigenvalue weighted by Gasteiger charge is -2.38. The summed E-state index contributed by atoms with van der Waals surface area (Å²) in [6.07, 6.45) is 2.92. The standard InChI is InChI=1S/C22H25FN2O/c23-22(11-5-12-22)21(26)25-13-10-19(24)20(25)15-16-6-4-9-18(14-16)17-7-2-1-3-8-17/h1-4,6-9,14,19-20H,5,10-13,15,24H2. The zero-order chi connectivity index (χ0) is 18.1. The molecule has 1 aliphatic carbocycles. The van der Waals surface area contributed by atoms with E-state index in [1.165, 1.54) is 0 Å². The Hall–Kier alpha value is -2.20. The van der Waals surface area contributed by atoms with E-state index in [0.29, 0.717) is 25.8 Å². The molecule has 2 aliphatic rings. The number of halogens is 1. The molecule has 2 aromatic rings. The second-order valence-electron chi connectivity index (χ2n) is 7.61. The van der Waals surface area contributed by atoms with Crippen LogP contribution in [-0.2, 0) is 11.2 Å². The van der Waals surface area contributed by atoms with Gasteiger partial charge in [0.1, 0.15) is 0 Å². The van der Waals surface area contributed by atoms with Crippen LogP contribution < -0.4 is 5.73 Å². The van der Waals surface area contributed by atoms with Crippen molar-refractivity contribution in [2.45, 2.75) is 49.9 Å². The van der Waals surface area contributed by atoms with E-state index in [1.54, 1.807) is 4.90 Å². The first-order valence-electron chi connectivity index (χ1n) is 9.47. The number of hydrogen-bond acceptors (Lipinski definition) is 2. The summed E-state index contributed by atoms with van der Waals surface area (Å²) in [5.41, 5.74) is 8.09. The van der Waals surface area contributed by atoms with Crippen LogP contribution in [0.2, 0.25) is 0 Å². The maximum atomic E-state index is 14.6. The molecular weight excluding hydrogens is 327 g/mol. The molecule has 3 nitrogen and oxygen atoms in total. The normalized spacial score (nSPS) is 24.3. The van der Waals surface area contributed by atoms with Gasteiger partial charge in [-0.2, -0.15) is 0 Å². The fourth-order valence-corrected chi connectivity index (χ4v) is 4.10. The molecule has 0 spiro atoms. The van der Waals surface area contributed by atoms with Gasteiger partial charge in [-0.05, 0) is 48.8 Å². The maximum Gasteiger partial charge on any atom is 0.260 e. The van der Waals surface area contributed by atoms with Crippen molar-refractivity contribution in [2.24, 2.45) is 5.73 Å². The molecule has 1 amide bonds. The Balaban J connectivity index is 1.54. The number of benzene rings is 2. The summed E-state index contributed by atoms with van der Waals surface area (Å²) in [7, 11) is 0. The average molecular weight is 352 g/mol. The smallest absolute Gasteiger partial charge is 0.260 e. The SMILES string of the molecule is NC1CCN(C(=O)C2(F)CCC2)C1Cc1cccc(-c2ccccc2)c1. The number of alkyl halides is 1. The van der Waals surface area contributed by atoms with Crippen molar-refractivity contribution in [3.05, 3.63) is 60.2 Å². The highest BCUT2D eigenvalue weighted by atomic mass is 19.1. The van der Waals surface area contributed by atoms with Gasteiger partial charge >= 0.3 is 0 Å². The van der Waals surface area contributed by atoms with Crippen molar-refractivity contribution in [2.75, 3.05) is 6.54 Å². The molecule has 1 saturated carbocycles. The molecular formula is C22H25FN2O. The van der Waals surface area contributed by atoms with Crippen molar-refractivity contribution in [3.63, 3.8) is 0 Å². The molecule has 4 rings (SSSR count). The van der Waals surface area contributed by atoms with E-state index < -0.39 is 5.67 Å². The third-order valence-electron chi connectivity index (χ3n) is 5.87. The minimum absolute atomic E-state index is 0.0944. The van der Waals surface area contributed by atoms with Gasteiger partial charge in [0.15, 0.2) is 5.67 Å². The van der Waals surface area contributed by atoms with Gasteiger partial charge in [-0.25, -0.2) is 4.39 Å². The first-order chi connectivity index (χ1) is 12.6. The van der Waals surface area contributed by atoms with Crippen LogP contribution >= 0.6 is 0 Å². The van der Waals surface area contributed by atoms with Crippen LogP contribution in [0.1, 0.15) is 31.2 Å². The highest BCUT2D eigenvalue weighted by Crippen LogP contribution is 2.39. The van der Waals surface area contributed by atoms with Crippen LogP contribution in [0.25, 0.3) is 11.1 Å². The van der Waals surface area contributed by atoms with Gasteiger partial charge in [0.05, 0.1) is 6.04 Å². The van der Waals surface area contributed by atoms with Gasteiger partial charge in [-0.1, -0.05) is 54.6 Å². The van der Waals surface area contributed by atoms with Crippen LogP contribution in [0.4, 0.5) is 4.39 Å². The quantitative estimate of drug-likeness (QED) is 0.912. The summed E-state index contributed by atoms with van der Waals surface area (Å²) in [4.78, 5) is 14.4. The summed E-state index contributed by atoms with van der Waals surface area (Å²) < 4.78 is 14.6. The van der Waals surface area contributed by atoms with Crippen molar-refractivity contribution in [3.8, 4) is 11.1 Å². The summed E-state index contributed by atoms with van der Waals surface area (Å²) in [5.74, 6) is -0.346. The van der Waals surface area contributed by atoms with Gasteiger partial charge in [0.2, 0.25) is 0 Å². The molecule has 2 aromatic carbocycles. The summed E-state index contributed by atoms with van der Waals surface area (Å²) in [6.45, 7) is 0.564. The Kier molecular flexibility index (Phi) is 4.53. The largest absolute Gasteiger partial charge is 0.335 e. The molecule has 0 radical (unpaired) electrons. The number of carbonyl (C=O) groups is 1. The molecule has 2 unspecified atom stereocenters. The van der Waals surface area contributed by atoms with E-state index in [9.17, 15) is 9.18 Å². The predicted molar refractivity (Wildman–Crippen MR) is 101 cm³/mol. The van der Waals surface area contributed by atoms with Crippen LogP contribution in [-0.4, -0.2) is 35.1 Å². The Morgan fingerprint density at radius 3 is 2.54 bits per heavy atom. The van der Waals surface area contributed by atoms with Gasteiger partial charge < -0.3 is 10.6 Å². The number of hydrogen-bond donors (Lipinski definition) is 1. The fourth-order valence-electron chi connectivity index (χ4n) is 4.10. The van der Waals surface area contributed by atoms with E-state index >= 15 is 0 Å². The Morgan fingerprint density at radius 1 is 1.12 bits per heavy atom. The van der Waals surface area contributed by atoms with E-state index in [0.717, 1.165) is 29.5 Å². The van der Waals surface area contributed by atoms with Gasteiger partial charge in [-0.15, -0.1) is 0 Å². The molecule has 26 heavy (non-hydrogen) atoms. The highest BCUT2D eigenvalue weighted by Gasteiger charge is 2.50. The first kappa shape index (κ1) is 17.2. The van der Waals surface area contributed by atoms with E-state index in [4.69, 9.17) is 5.73 Å². The van der Waals surface area contributed by atoms with Crippen LogP contribution in [0.5, 0.6) is 0 Å². The zero-order valence-electron chi connectivity index (χ0n) is 14.9. The minimum Gasteiger partial charge on any atom is -0.335 e. The maximum absolute atomic E-state index is 14.6. The topological polar surface area (TPSA) is 46.3 Å². The zero-order valence-corrected chi connectivity index (χ0v) is 14.9. The Bertz CT molecular complexity index is 788. The molecule has 136 valence electrons. The van der Waals surface area contributed by atoms with E-state index in [1.807, 2.05) is 24.3 Å². The van der Waals surface area contributed by atoms with Crippen molar-refractivity contribution in [1.29, 1.82) is 0 Å². The van der Waals surface area contributed by atoms with Gasteiger partial charge in [0.25, 0.3) is 5.91 Å². The van der Waals surface area contributed by atoms with Gasteiger partial charge in [0, 0.05) is 12.6 Å². The van der Waals surface area contributed by atoms with E-state index in [-0.39, 0.29) is 18.0 Å². The number of likely N-dealkylation sites (tertiary alicyclic amines) is 1. The lowest BCUT2D eigenvalue weighted by Crippen LogP contribution is -2.54. The first-order valence-corrected chi connectivity index (χ1v) is 9.47. The molecule has 4 heteroatoms. The third kappa shape index (κ3) is 3.14. The summed E-state index contributed by atoms with van der Waals surface area (Å²) >= 11 is 0. The molecule has 2 N–H and O–H groups in total. The molecule has 0 aromatic heterocycles. The molecule has 2 fully saturated rings. The monoisotopic (exact) mass is 352 g/mol. The van der Waals surface area contributed by atoms with Crippen LogP contribution in [0.15, 0.2) is 54.6 Å². The second kappa shape index (κ2) is 6.84. The summed E-state index contributed by atoms with van der Waals surface area (Å²) in [6, 6.07) is 18.3. The second-order valence-corrected chi connectivity index (χ2v) is 7.61. The molecule has 1 heterocycles. The predicted octanol–water partition coefficient (Wildman–Crippen LogP) is 3.72. The fraction of sp³-hybridized carbons (Fsp3) is 0.409. The molecule has 2 atom stereocenters. The van der Waals surface area contributed by atoms with Crippen LogP contribution in [0, 0.1) is 0 Å². The average Bonchev–Trinajstić information content (AvgIpc) is 3.00. The Morgan fingerprint density at radius 2 is 1.85 bits per heavy atom. The van der Waals surface area contributed by atoms with Gasteiger partial charge in [-0.3, -0.25) is 4.79 Å². The van der Waals surface area contributed by atoms with Crippen molar-refractivity contribution >= 4 is 5.91 Å². The number of nitrogens with two attached hydrogens (primary N) is 1. The lowest BCUT2D eigenvalue weighted by molar-refractivity contribution is -0.150. The Labute approximate surface area is 154 Å². The molecule has 1 aliphatic heterocycles. The number of nitrogens with zero attached hydrogens (tertiary/aromatic N) is 1. The number of rotatable bonds is 4. The molecule has 1 saturated heterocycles. The lowest BCUT2D eigenvalue weighted by atomic mass is 9.80. The number of carbonyl (C=O) groups excluding carboxylic acids is 1. The van der Waals surface area contributed by atoms with Crippen molar-refractivity contribution < 1.29 is 9.18 Å². The third-order valence-corrected chi connectivity index (χ3v) is 5.87. The number of amides is 1. The van der Waals surface area contributed by atoms with Crippen molar-refractivity contribution in [1.82, 2.24) is 4.90 Å². The van der Waals surface area contributed by atoms with E-state index in [2.05, 4.69) is 30.3 Å². The van der Waals surface area contributed by atoms with Crippen LogP contribution in [0.3, 0.4) is 0 Å². The molecule has 0 bridgehead atoms.